The maximum atomic E-state index is 12.1. The molecule has 1 fully saturated rings. The molecule has 1 aliphatic rings. The highest BCUT2D eigenvalue weighted by molar-refractivity contribution is 9.10. The Balaban J connectivity index is 1.80. The number of rotatable bonds is 5. The van der Waals surface area contributed by atoms with E-state index < -0.39 is 10.0 Å². The molecule has 0 radical (unpaired) electrons. The summed E-state index contributed by atoms with van der Waals surface area (Å²) in [6.07, 6.45) is 2.23. The van der Waals surface area contributed by atoms with Crippen molar-refractivity contribution in [2.75, 3.05) is 6.54 Å². The van der Waals surface area contributed by atoms with Crippen molar-refractivity contribution >= 4 is 37.3 Å². The fraction of sp³-hybridized carbons (Fsp3) is 0.308. The van der Waals surface area contributed by atoms with Crippen LogP contribution in [0.5, 0.6) is 0 Å². The fourth-order valence-corrected chi connectivity index (χ4v) is 4.21. The Morgan fingerprint density at radius 1 is 1.30 bits per heavy atom. The van der Waals surface area contributed by atoms with Crippen LogP contribution < -0.4 is 4.72 Å². The van der Waals surface area contributed by atoms with Crippen molar-refractivity contribution in [3.63, 3.8) is 0 Å². The maximum Gasteiger partial charge on any atom is 0.258 e. The van der Waals surface area contributed by atoms with Crippen LogP contribution in [-0.2, 0) is 10.0 Å². The van der Waals surface area contributed by atoms with Crippen molar-refractivity contribution in [3.05, 3.63) is 34.1 Å². The first-order valence-electron chi connectivity index (χ1n) is 6.26. The highest BCUT2D eigenvalue weighted by Crippen LogP contribution is 2.29. The number of nitrogens with one attached hydrogen (secondary N) is 1. The van der Waals surface area contributed by atoms with E-state index in [0.717, 1.165) is 22.9 Å². The molecule has 1 saturated carbocycles. The molecule has 20 heavy (non-hydrogen) atoms. The predicted octanol–water partition coefficient (Wildman–Crippen LogP) is 3.26. The van der Waals surface area contributed by atoms with Gasteiger partial charge in [0.15, 0.2) is 5.03 Å². The molecule has 1 aromatic carbocycles. The van der Waals surface area contributed by atoms with Gasteiger partial charge in [-0.15, -0.1) is 11.3 Å². The second-order valence-electron chi connectivity index (χ2n) is 4.79. The summed E-state index contributed by atoms with van der Waals surface area (Å²) in [5, 5.41) is 2.41. The molecule has 3 rings (SSSR count). The van der Waals surface area contributed by atoms with Crippen molar-refractivity contribution in [2.45, 2.75) is 17.9 Å². The lowest BCUT2D eigenvalue weighted by Crippen LogP contribution is -2.26. The molecule has 0 saturated heterocycles. The van der Waals surface area contributed by atoms with Crippen LogP contribution >= 0.6 is 27.3 Å². The highest BCUT2D eigenvalue weighted by Gasteiger charge is 2.25. The molecule has 4 nitrogen and oxygen atoms in total. The molecule has 7 heteroatoms. The topological polar surface area (TPSA) is 59.1 Å². The first-order chi connectivity index (χ1) is 9.54. The Morgan fingerprint density at radius 3 is 2.65 bits per heavy atom. The molecule has 0 aliphatic heterocycles. The Kier molecular flexibility index (Phi) is 3.94. The van der Waals surface area contributed by atoms with Crippen LogP contribution in [0.1, 0.15) is 12.8 Å². The van der Waals surface area contributed by atoms with Gasteiger partial charge < -0.3 is 0 Å². The van der Waals surface area contributed by atoms with Crippen LogP contribution in [-0.4, -0.2) is 19.9 Å². The van der Waals surface area contributed by atoms with Gasteiger partial charge in [-0.1, -0.05) is 28.1 Å². The summed E-state index contributed by atoms with van der Waals surface area (Å²) in [5.74, 6) is 0.509. The number of nitrogens with zero attached hydrogens (tertiary/aromatic N) is 1. The maximum absolute atomic E-state index is 12.1. The van der Waals surface area contributed by atoms with Gasteiger partial charge in [0.2, 0.25) is 0 Å². The van der Waals surface area contributed by atoms with Crippen molar-refractivity contribution in [2.24, 2.45) is 5.92 Å². The van der Waals surface area contributed by atoms with Crippen molar-refractivity contribution < 1.29 is 8.42 Å². The zero-order valence-electron chi connectivity index (χ0n) is 10.5. The molecule has 0 amide bonds. The zero-order valence-corrected chi connectivity index (χ0v) is 13.8. The highest BCUT2D eigenvalue weighted by atomic mass is 79.9. The minimum absolute atomic E-state index is 0.112. The van der Waals surface area contributed by atoms with E-state index in [4.69, 9.17) is 0 Å². The van der Waals surface area contributed by atoms with E-state index in [-0.39, 0.29) is 5.03 Å². The fourth-order valence-electron chi connectivity index (χ4n) is 1.73. The number of halogens is 1. The molecule has 0 unspecified atom stereocenters. The quantitative estimate of drug-likeness (QED) is 0.875. The van der Waals surface area contributed by atoms with Gasteiger partial charge in [0.1, 0.15) is 5.01 Å². The average Bonchev–Trinajstić information content (AvgIpc) is 3.12. The Bertz CT molecular complexity index is 706. The largest absolute Gasteiger partial charge is 0.258 e. The Labute approximate surface area is 130 Å². The number of aromatic nitrogens is 1. The molecule has 1 N–H and O–H groups in total. The summed E-state index contributed by atoms with van der Waals surface area (Å²) in [6, 6.07) is 7.65. The Hall–Kier alpha value is -0.760. The van der Waals surface area contributed by atoms with Crippen LogP contribution in [0.25, 0.3) is 10.6 Å². The van der Waals surface area contributed by atoms with Gasteiger partial charge >= 0.3 is 0 Å². The van der Waals surface area contributed by atoms with Crippen molar-refractivity contribution in [3.8, 4) is 10.6 Å². The van der Waals surface area contributed by atoms with Gasteiger partial charge in [0.25, 0.3) is 10.0 Å². The summed E-state index contributed by atoms with van der Waals surface area (Å²) in [6.45, 7) is 0.521. The van der Waals surface area contributed by atoms with E-state index in [0.29, 0.717) is 17.5 Å². The lowest BCUT2D eigenvalue weighted by Gasteiger charge is -2.02. The molecule has 1 aromatic heterocycles. The summed E-state index contributed by atoms with van der Waals surface area (Å²) >= 11 is 4.71. The number of sulfonamides is 1. The van der Waals surface area contributed by atoms with Gasteiger partial charge in [-0.25, -0.2) is 18.1 Å². The summed E-state index contributed by atoms with van der Waals surface area (Å²) < 4.78 is 27.8. The lowest BCUT2D eigenvalue weighted by molar-refractivity contribution is 0.574. The molecule has 1 aliphatic carbocycles. The summed E-state index contributed by atoms with van der Waals surface area (Å²) in [4.78, 5) is 4.23. The molecule has 106 valence electrons. The molecule has 0 spiro atoms. The number of thiazole rings is 1. The van der Waals surface area contributed by atoms with Crippen LogP contribution in [0.2, 0.25) is 0 Å². The first kappa shape index (κ1) is 14.2. The first-order valence-corrected chi connectivity index (χ1v) is 9.41. The standard InChI is InChI=1S/C13H13BrN2O2S2/c14-11-5-3-10(4-6-11)13-16-12(8-19-13)20(17,18)15-7-9-1-2-9/h3-6,8-9,15H,1-2,7H2. The minimum atomic E-state index is -3.47. The molecule has 0 atom stereocenters. The number of hydrogen-bond acceptors (Lipinski definition) is 4. The third kappa shape index (κ3) is 3.28. The third-order valence-corrected chi connectivity index (χ3v) is 5.98. The summed E-state index contributed by atoms with van der Waals surface area (Å²) in [7, 11) is -3.47. The van der Waals surface area contributed by atoms with Crippen LogP contribution in [0.3, 0.4) is 0 Å². The molecule has 0 bridgehead atoms. The normalized spacial score (nSPS) is 15.4. The second kappa shape index (κ2) is 5.55. The van der Waals surface area contributed by atoms with Gasteiger partial charge in [-0.2, -0.15) is 0 Å². The summed E-state index contributed by atoms with van der Waals surface area (Å²) in [5.41, 5.74) is 0.918. The number of benzene rings is 1. The van der Waals surface area contributed by atoms with E-state index in [1.165, 1.54) is 11.3 Å². The lowest BCUT2D eigenvalue weighted by atomic mass is 10.2. The number of hydrogen-bond donors (Lipinski definition) is 1. The van der Waals surface area contributed by atoms with Crippen LogP contribution in [0.15, 0.2) is 39.1 Å². The monoisotopic (exact) mass is 372 g/mol. The smallest absolute Gasteiger partial charge is 0.223 e. The van der Waals surface area contributed by atoms with E-state index in [1.807, 2.05) is 24.3 Å². The zero-order chi connectivity index (χ0) is 14.2. The predicted molar refractivity (Wildman–Crippen MR) is 83.2 cm³/mol. The minimum Gasteiger partial charge on any atom is -0.223 e. The molecular formula is C13H13BrN2O2S2. The Morgan fingerprint density at radius 2 is 2.00 bits per heavy atom. The van der Waals surface area contributed by atoms with E-state index >= 15 is 0 Å². The molecular weight excluding hydrogens is 360 g/mol. The molecule has 2 aromatic rings. The third-order valence-electron chi connectivity index (χ3n) is 3.11. The SMILES string of the molecule is O=S(=O)(NCC1CC1)c1csc(-c2ccc(Br)cc2)n1. The van der Waals surface area contributed by atoms with E-state index in [1.54, 1.807) is 5.38 Å². The van der Waals surface area contributed by atoms with Crippen molar-refractivity contribution in [1.29, 1.82) is 0 Å². The van der Waals surface area contributed by atoms with Gasteiger partial charge in [0, 0.05) is 22.0 Å². The van der Waals surface area contributed by atoms with E-state index in [9.17, 15) is 8.42 Å². The molecule has 1 heterocycles. The van der Waals surface area contributed by atoms with Crippen molar-refractivity contribution in [1.82, 2.24) is 9.71 Å². The van der Waals surface area contributed by atoms with Gasteiger partial charge in [0.05, 0.1) is 0 Å². The van der Waals surface area contributed by atoms with Crippen LogP contribution in [0, 0.1) is 5.92 Å². The van der Waals surface area contributed by atoms with Gasteiger partial charge in [-0.3, -0.25) is 0 Å². The van der Waals surface area contributed by atoms with Gasteiger partial charge in [-0.05, 0) is 30.9 Å². The van der Waals surface area contributed by atoms with Crippen LogP contribution in [0.4, 0.5) is 0 Å². The second-order valence-corrected chi connectivity index (χ2v) is 8.28. The average molecular weight is 373 g/mol. The van der Waals surface area contributed by atoms with E-state index in [2.05, 4.69) is 25.6 Å².